The quantitative estimate of drug-likeness (QED) is 0.699. The number of sulfonamides is 1. The van der Waals surface area contributed by atoms with Crippen molar-refractivity contribution in [1.82, 2.24) is 19.3 Å². The molecule has 1 aromatic heterocycles. The third-order valence-electron chi connectivity index (χ3n) is 6.23. The first-order chi connectivity index (χ1) is 14.7. The number of likely N-dealkylation sites (tertiary alicyclic amines) is 1. The highest BCUT2D eigenvalue weighted by atomic mass is 32.2. The van der Waals surface area contributed by atoms with Crippen LogP contribution in [0.2, 0.25) is 0 Å². The van der Waals surface area contributed by atoms with E-state index in [2.05, 4.69) is 15.5 Å². The van der Waals surface area contributed by atoms with Crippen molar-refractivity contribution in [3.05, 3.63) is 41.0 Å². The molecule has 2 heterocycles. The predicted octanol–water partition coefficient (Wildman–Crippen LogP) is 2.67. The van der Waals surface area contributed by atoms with E-state index in [9.17, 15) is 13.2 Å². The second kappa shape index (κ2) is 8.58. The summed E-state index contributed by atoms with van der Waals surface area (Å²) in [6.07, 6.45) is 4.90. The van der Waals surface area contributed by atoms with Crippen LogP contribution in [0.5, 0.6) is 0 Å². The van der Waals surface area contributed by atoms with Crippen molar-refractivity contribution >= 4 is 21.7 Å². The van der Waals surface area contributed by atoms with Gasteiger partial charge in [0.05, 0.1) is 12.3 Å². The van der Waals surface area contributed by atoms with Gasteiger partial charge in [0.2, 0.25) is 15.9 Å². The molecule has 4 rings (SSSR count). The number of amides is 2. The minimum absolute atomic E-state index is 0.226. The molecule has 0 unspecified atom stereocenters. The molecule has 1 aliphatic carbocycles. The molecule has 0 bridgehead atoms. The van der Waals surface area contributed by atoms with Gasteiger partial charge in [-0.3, -0.25) is 0 Å². The van der Waals surface area contributed by atoms with Crippen molar-refractivity contribution < 1.29 is 17.7 Å². The number of hydrogen-bond acceptors (Lipinski definition) is 6. The van der Waals surface area contributed by atoms with Gasteiger partial charge in [-0.25, -0.2) is 13.2 Å². The second-order valence-electron chi connectivity index (χ2n) is 8.59. The van der Waals surface area contributed by atoms with Gasteiger partial charge in [0.25, 0.3) is 0 Å². The van der Waals surface area contributed by atoms with Crippen LogP contribution in [-0.2, 0) is 16.4 Å². The van der Waals surface area contributed by atoms with Crippen molar-refractivity contribution in [2.24, 2.45) is 0 Å². The molecule has 2 aromatic rings. The molecule has 1 saturated carbocycles. The summed E-state index contributed by atoms with van der Waals surface area (Å²) in [5.41, 5.74) is 2.99. The van der Waals surface area contributed by atoms with E-state index in [-0.39, 0.29) is 18.6 Å². The maximum atomic E-state index is 12.5. The number of hydrogen-bond donors (Lipinski definition) is 1. The lowest BCUT2D eigenvalue weighted by atomic mass is 9.85. The lowest BCUT2D eigenvalue weighted by Crippen LogP contribution is -2.63. The monoisotopic (exact) mass is 447 g/mol. The Morgan fingerprint density at radius 2 is 2.00 bits per heavy atom. The van der Waals surface area contributed by atoms with Crippen LogP contribution in [-0.4, -0.2) is 65.7 Å². The summed E-state index contributed by atoms with van der Waals surface area (Å²) in [7, 11) is -3.43. The highest BCUT2D eigenvalue weighted by Gasteiger charge is 2.39. The lowest BCUT2D eigenvalue weighted by molar-refractivity contribution is 0.109. The fourth-order valence-corrected chi connectivity index (χ4v) is 4.94. The van der Waals surface area contributed by atoms with Crippen molar-refractivity contribution in [3.63, 3.8) is 0 Å². The van der Waals surface area contributed by atoms with E-state index in [0.29, 0.717) is 37.1 Å². The summed E-state index contributed by atoms with van der Waals surface area (Å²) < 4.78 is 31.4. The van der Waals surface area contributed by atoms with E-state index in [4.69, 9.17) is 4.52 Å². The third kappa shape index (κ3) is 4.90. The average molecular weight is 448 g/mol. The van der Waals surface area contributed by atoms with Crippen LogP contribution in [0.4, 0.5) is 10.5 Å². The molecule has 10 heteroatoms. The Morgan fingerprint density at radius 3 is 2.61 bits per heavy atom. The number of carbonyl (C=O) groups is 1. The van der Waals surface area contributed by atoms with Crippen molar-refractivity contribution in [2.45, 2.75) is 51.5 Å². The van der Waals surface area contributed by atoms with Crippen molar-refractivity contribution in [1.29, 1.82) is 0 Å². The first-order valence-corrected chi connectivity index (χ1v) is 12.5. The predicted molar refractivity (Wildman–Crippen MR) is 116 cm³/mol. The average Bonchev–Trinajstić information content (AvgIpc) is 3.05. The van der Waals surface area contributed by atoms with E-state index in [1.165, 1.54) is 17.0 Å². The number of aromatic nitrogens is 2. The van der Waals surface area contributed by atoms with E-state index in [0.717, 1.165) is 29.7 Å². The highest BCUT2D eigenvalue weighted by Crippen LogP contribution is 2.35. The molecule has 2 fully saturated rings. The molecule has 1 aliphatic heterocycles. The Bertz CT molecular complexity index is 1060. The molecular weight excluding hydrogens is 418 g/mol. The van der Waals surface area contributed by atoms with Crippen LogP contribution in [0.3, 0.4) is 0 Å². The molecule has 1 saturated heterocycles. The number of nitrogens with zero attached hydrogens (tertiary/aromatic N) is 4. The second-order valence-corrected chi connectivity index (χ2v) is 10.5. The molecule has 0 spiro atoms. The molecule has 9 nitrogen and oxygen atoms in total. The van der Waals surface area contributed by atoms with Gasteiger partial charge in [0.1, 0.15) is 0 Å². The maximum Gasteiger partial charge on any atom is 0.321 e. The molecule has 1 N–H and O–H groups in total. The van der Waals surface area contributed by atoms with Gasteiger partial charge >= 0.3 is 6.03 Å². The molecule has 1 aromatic carbocycles. The van der Waals surface area contributed by atoms with Gasteiger partial charge in [0.15, 0.2) is 5.82 Å². The Labute approximate surface area is 182 Å². The topological polar surface area (TPSA) is 109 Å². The minimum Gasteiger partial charge on any atom is -0.339 e. The standard InChI is InChI=1S/C21H29N5O4S/c1-14-7-8-17(11-15(14)2)22-21(27)25-12-18(13-25)26(31(3,28)29)10-9-19-23-20(30-24-19)16-5-4-6-16/h7-8,11,16,18H,4-6,9-10,12-13H2,1-3H3,(H,22,27). The summed E-state index contributed by atoms with van der Waals surface area (Å²) in [6.45, 7) is 4.98. The Hall–Kier alpha value is -2.46. The number of urea groups is 1. The van der Waals surface area contributed by atoms with E-state index < -0.39 is 10.0 Å². The SMILES string of the molecule is Cc1ccc(NC(=O)N2CC(N(CCc3noc(C4CCC4)n3)S(C)(=O)=O)C2)cc1C. The van der Waals surface area contributed by atoms with Gasteiger partial charge in [-0.05, 0) is 49.9 Å². The van der Waals surface area contributed by atoms with Crippen molar-refractivity contribution in [3.8, 4) is 0 Å². The smallest absolute Gasteiger partial charge is 0.321 e. The molecule has 168 valence electrons. The number of nitrogens with one attached hydrogen (secondary N) is 1. The highest BCUT2D eigenvalue weighted by molar-refractivity contribution is 7.88. The summed E-state index contributed by atoms with van der Waals surface area (Å²) in [4.78, 5) is 18.5. The lowest BCUT2D eigenvalue weighted by Gasteiger charge is -2.44. The summed E-state index contributed by atoms with van der Waals surface area (Å²) >= 11 is 0. The first kappa shape index (κ1) is 21.8. The molecule has 0 atom stereocenters. The molecule has 31 heavy (non-hydrogen) atoms. The minimum atomic E-state index is -3.43. The Kier molecular flexibility index (Phi) is 6.02. The maximum absolute atomic E-state index is 12.5. The summed E-state index contributed by atoms with van der Waals surface area (Å²) in [6, 6.07) is 5.28. The van der Waals surface area contributed by atoms with Gasteiger partial charge < -0.3 is 14.7 Å². The van der Waals surface area contributed by atoms with Crippen LogP contribution >= 0.6 is 0 Å². The Morgan fingerprint density at radius 1 is 1.26 bits per heavy atom. The first-order valence-electron chi connectivity index (χ1n) is 10.6. The summed E-state index contributed by atoms with van der Waals surface area (Å²) in [5, 5.41) is 6.88. The van der Waals surface area contributed by atoms with Crippen molar-refractivity contribution in [2.75, 3.05) is 31.2 Å². The van der Waals surface area contributed by atoms with Crippen LogP contribution in [0.1, 0.15) is 48.0 Å². The largest absolute Gasteiger partial charge is 0.339 e. The van der Waals surface area contributed by atoms with Gasteiger partial charge in [-0.15, -0.1) is 0 Å². The molecule has 2 amide bonds. The molecule has 0 radical (unpaired) electrons. The van der Waals surface area contributed by atoms with E-state index in [1.54, 1.807) is 4.90 Å². The number of rotatable bonds is 7. The van der Waals surface area contributed by atoms with E-state index >= 15 is 0 Å². The van der Waals surface area contributed by atoms with Gasteiger partial charge in [-0.1, -0.05) is 17.6 Å². The number of anilines is 1. The van der Waals surface area contributed by atoms with Crippen LogP contribution < -0.4 is 5.32 Å². The van der Waals surface area contributed by atoms with Crippen LogP contribution in [0, 0.1) is 13.8 Å². The third-order valence-corrected chi connectivity index (χ3v) is 7.57. The van der Waals surface area contributed by atoms with Gasteiger partial charge in [-0.2, -0.15) is 9.29 Å². The molecular formula is C21H29N5O4S. The normalized spacial score (nSPS) is 17.5. The number of benzene rings is 1. The van der Waals surface area contributed by atoms with E-state index in [1.807, 2.05) is 32.0 Å². The van der Waals surface area contributed by atoms with Crippen LogP contribution in [0.25, 0.3) is 0 Å². The zero-order valence-electron chi connectivity index (χ0n) is 18.2. The number of aryl methyl sites for hydroxylation is 2. The summed E-state index contributed by atoms with van der Waals surface area (Å²) in [5.74, 6) is 1.53. The number of carbonyl (C=O) groups excluding carboxylic acids is 1. The zero-order chi connectivity index (χ0) is 22.2. The Balaban J connectivity index is 1.31. The zero-order valence-corrected chi connectivity index (χ0v) is 19.0. The fourth-order valence-electron chi connectivity index (χ4n) is 3.84. The fraction of sp³-hybridized carbons (Fsp3) is 0.571. The van der Waals surface area contributed by atoms with Crippen LogP contribution in [0.15, 0.2) is 22.7 Å². The van der Waals surface area contributed by atoms with Gasteiger partial charge in [0, 0.05) is 37.7 Å². The molecule has 2 aliphatic rings.